The van der Waals surface area contributed by atoms with Gasteiger partial charge < -0.3 is 15.2 Å². The molecule has 3 N–H and O–H groups in total. The van der Waals surface area contributed by atoms with Crippen molar-refractivity contribution in [1.82, 2.24) is 9.97 Å². The lowest BCUT2D eigenvalue weighted by Gasteiger charge is -2.06. The molecule has 35 heavy (non-hydrogen) atoms. The summed E-state index contributed by atoms with van der Waals surface area (Å²) < 4.78 is 9.70. The van der Waals surface area contributed by atoms with Gasteiger partial charge in [0.2, 0.25) is 5.95 Å². The molecule has 0 fully saturated rings. The third-order valence-electron chi connectivity index (χ3n) is 4.05. The molecule has 174 valence electrons. The molecular weight excluding hydrogens is 468 g/mol. The van der Waals surface area contributed by atoms with Crippen molar-refractivity contribution >= 4 is 34.8 Å². The maximum atomic E-state index is 11.8. The first kappa shape index (κ1) is 24.8. The SMILES string of the molecule is Nc1ncc(C#Cc2ccc(NC(=O)Oc3ccccc3)cc2)cn1.O=C(Cl)Oc1ccccc1. The van der Waals surface area contributed by atoms with Crippen LogP contribution < -0.4 is 20.5 Å². The van der Waals surface area contributed by atoms with Crippen molar-refractivity contribution in [3.63, 3.8) is 0 Å². The first-order chi connectivity index (χ1) is 17.0. The molecule has 0 unspecified atom stereocenters. The number of hydrogen-bond acceptors (Lipinski definition) is 7. The largest absolute Gasteiger partial charge is 0.417 e. The average molecular weight is 487 g/mol. The number of anilines is 2. The first-order valence-electron chi connectivity index (χ1n) is 10.1. The quantitative estimate of drug-likeness (QED) is 0.290. The molecular formula is C26H19ClN4O4. The van der Waals surface area contributed by atoms with E-state index in [1.165, 1.54) is 0 Å². The number of nitrogens with two attached hydrogens (primary N) is 1. The topological polar surface area (TPSA) is 116 Å². The number of benzene rings is 3. The second kappa shape index (κ2) is 13.0. The predicted molar refractivity (Wildman–Crippen MR) is 133 cm³/mol. The zero-order chi connectivity index (χ0) is 24.9. The van der Waals surface area contributed by atoms with Crippen molar-refractivity contribution in [3.05, 3.63) is 108 Å². The predicted octanol–water partition coefficient (Wildman–Crippen LogP) is 5.49. The lowest BCUT2D eigenvalue weighted by molar-refractivity contribution is 0.215. The summed E-state index contributed by atoms with van der Waals surface area (Å²) >= 11 is 4.95. The van der Waals surface area contributed by atoms with Gasteiger partial charge in [-0.15, -0.1) is 0 Å². The lowest BCUT2D eigenvalue weighted by Crippen LogP contribution is -2.16. The highest BCUT2D eigenvalue weighted by Crippen LogP contribution is 2.13. The highest BCUT2D eigenvalue weighted by Gasteiger charge is 2.04. The first-order valence-corrected chi connectivity index (χ1v) is 10.5. The van der Waals surface area contributed by atoms with Crippen LogP contribution in [-0.2, 0) is 0 Å². The molecule has 9 heteroatoms. The van der Waals surface area contributed by atoms with Crippen molar-refractivity contribution in [2.75, 3.05) is 11.1 Å². The number of rotatable bonds is 3. The third-order valence-corrected chi connectivity index (χ3v) is 4.13. The van der Waals surface area contributed by atoms with E-state index in [0.29, 0.717) is 22.7 Å². The summed E-state index contributed by atoms with van der Waals surface area (Å²) in [5.74, 6) is 7.08. The molecule has 0 atom stereocenters. The Morgan fingerprint density at radius 2 is 1.26 bits per heavy atom. The maximum Gasteiger partial charge on any atom is 0.417 e. The molecule has 0 saturated heterocycles. The lowest BCUT2D eigenvalue weighted by atomic mass is 10.2. The van der Waals surface area contributed by atoms with Crippen molar-refractivity contribution in [2.24, 2.45) is 0 Å². The summed E-state index contributed by atoms with van der Waals surface area (Å²) in [5, 5.41) is 2.65. The van der Waals surface area contributed by atoms with Crippen LogP contribution in [-0.4, -0.2) is 21.5 Å². The summed E-state index contributed by atoms with van der Waals surface area (Å²) in [4.78, 5) is 29.7. The number of para-hydroxylation sites is 2. The highest BCUT2D eigenvalue weighted by atomic mass is 35.5. The highest BCUT2D eigenvalue weighted by molar-refractivity contribution is 6.61. The van der Waals surface area contributed by atoms with E-state index in [1.54, 1.807) is 85.2 Å². The molecule has 4 aromatic rings. The molecule has 0 aliphatic carbocycles. The van der Waals surface area contributed by atoms with E-state index in [-0.39, 0.29) is 5.95 Å². The van der Waals surface area contributed by atoms with Crippen LogP contribution >= 0.6 is 11.6 Å². The summed E-state index contributed by atoms with van der Waals surface area (Å²) in [7, 11) is 0. The van der Waals surface area contributed by atoms with E-state index in [0.717, 1.165) is 5.56 Å². The van der Waals surface area contributed by atoms with Gasteiger partial charge in [0.1, 0.15) is 11.5 Å². The van der Waals surface area contributed by atoms with Crippen LogP contribution in [0.4, 0.5) is 21.2 Å². The molecule has 1 heterocycles. The van der Waals surface area contributed by atoms with Gasteiger partial charge in [-0.1, -0.05) is 48.2 Å². The standard InChI is InChI=1S/C19H14N4O2.C7H5ClO2/c20-18-21-12-15(13-22-18)7-6-14-8-10-16(11-9-14)23-19(24)25-17-4-2-1-3-5-17;8-7(9)10-6-4-2-1-3-5-6/h1-5,8-13H,(H,23,24)(H2,20,21,22);1-5H. The van der Waals surface area contributed by atoms with Crippen molar-refractivity contribution < 1.29 is 19.1 Å². The number of hydrogen-bond donors (Lipinski definition) is 2. The molecule has 8 nitrogen and oxygen atoms in total. The Morgan fingerprint density at radius 3 is 1.80 bits per heavy atom. The fourth-order valence-electron chi connectivity index (χ4n) is 2.50. The smallest absolute Gasteiger partial charge is 0.415 e. The van der Waals surface area contributed by atoms with Crippen LogP contribution in [0.25, 0.3) is 0 Å². The van der Waals surface area contributed by atoms with Gasteiger partial charge in [0.05, 0.1) is 5.56 Å². The van der Waals surface area contributed by atoms with Crippen LogP contribution in [0.1, 0.15) is 11.1 Å². The fraction of sp³-hybridized carbons (Fsp3) is 0. The van der Waals surface area contributed by atoms with Crippen LogP contribution in [0.5, 0.6) is 11.5 Å². The number of carbonyl (C=O) groups is 2. The Hall–Kier alpha value is -4.87. The van der Waals surface area contributed by atoms with Crippen LogP contribution in [0, 0.1) is 11.8 Å². The number of carbonyl (C=O) groups excluding carboxylic acids is 2. The normalized spacial score (nSPS) is 9.40. The minimum Gasteiger partial charge on any atom is -0.415 e. The van der Waals surface area contributed by atoms with Gasteiger partial charge in [-0.3, -0.25) is 5.32 Å². The van der Waals surface area contributed by atoms with E-state index in [9.17, 15) is 9.59 Å². The molecule has 0 saturated carbocycles. The van der Waals surface area contributed by atoms with Crippen LogP contribution in [0.3, 0.4) is 0 Å². The monoisotopic (exact) mass is 486 g/mol. The van der Waals surface area contributed by atoms with Gasteiger partial charge in [-0.25, -0.2) is 19.6 Å². The second-order valence-corrected chi connectivity index (χ2v) is 6.95. The zero-order valence-corrected chi connectivity index (χ0v) is 19.0. The van der Waals surface area contributed by atoms with Gasteiger partial charge in [-0.05, 0) is 48.5 Å². The second-order valence-electron chi connectivity index (χ2n) is 6.64. The molecule has 0 bridgehead atoms. The van der Waals surface area contributed by atoms with Gasteiger partial charge in [0, 0.05) is 35.2 Å². The molecule has 1 aromatic heterocycles. The minimum atomic E-state index is -0.814. The van der Waals surface area contributed by atoms with Gasteiger partial charge in [-0.2, -0.15) is 0 Å². The molecule has 0 aliphatic heterocycles. The number of amides is 1. The average Bonchev–Trinajstić information content (AvgIpc) is 2.86. The van der Waals surface area contributed by atoms with Crippen molar-refractivity contribution in [3.8, 4) is 23.3 Å². The van der Waals surface area contributed by atoms with Crippen LogP contribution in [0.15, 0.2) is 97.3 Å². The number of ether oxygens (including phenoxy) is 2. The maximum absolute atomic E-state index is 11.8. The number of nitrogens with zero attached hydrogens (tertiary/aromatic N) is 2. The molecule has 3 aromatic carbocycles. The Morgan fingerprint density at radius 1 is 0.743 bits per heavy atom. The Balaban J connectivity index is 0.000000287. The van der Waals surface area contributed by atoms with Crippen molar-refractivity contribution in [2.45, 2.75) is 0 Å². The van der Waals surface area contributed by atoms with E-state index in [2.05, 4.69) is 31.9 Å². The Bertz CT molecular complexity index is 1310. The van der Waals surface area contributed by atoms with Gasteiger partial charge in [0.25, 0.3) is 0 Å². The summed E-state index contributed by atoms with van der Waals surface area (Å²) in [5.41, 5.74) is 6.68. The number of nitrogen functional groups attached to an aromatic ring is 1. The molecule has 4 rings (SSSR count). The molecule has 0 radical (unpaired) electrons. The Labute approximate surface area is 206 Å². The van der Waals surface area contributed by atoms with E-state index in [4.69, 9.17) is 22.1 Å². The summed E-state index contributed by atoms with van der Waals surface area (Å²) in [6.07, 6.45) is 2.57. The summed E-state index contributed by atoms with van der Waals surface area (Å²) in [6.45, 7) is 0. The van der Waals surface area contributed by atoms with Crippen LogP contribution in [0.2, 0.25) is 0 Å². The number of aromatic nitrogens is 2. The zero-order valence-electron chi connectivity index (χ0n) is 18.2. The van der Waals surface area contributed by atoms with Gasteiger partial charge in [0.15, 0.2) is 0 Å². The minimum absolute atomic E-state index is 0.211. The third kappa shape index (κ3) is 9.26. The van der Waals surface area contributed by atoms with E-state index in [1.807, 2.05) is 12.1 Å². The van der Waals surface area contributed by atoms with Gasteiger partial charge >= 0.3 is 11.5 Å². The Kier molecular flexibility index (Phi) is 9.19. The van der Waals surface area contributed by atoms with E-state index >= 15 is 0 Å². The van der Waals surface area contributed by atoms with Crippen molar-refractivity contribution in [1.29, 1.82) is 0 Å². The number of nitrogens with one attached hydrogen (secondary N) is 1. The fourth-order valence-corrected chi connectivity index (χ4v) is 2.59. The molecule has 1 amide bonds. The molecule has 0 aliphatic rings. The number of halogens is 1. The summed E-state index contributed by atoms with van der Waals surface area (Å²) in [6, 6.07) is 24.6. The molecule has 0 spiro atoms. The van der Waals surface area contributed by atoms with E-state index < -0.39 is 11.5 Å².